The standard InChI is InChI=1S/C25H36F3N5OS/c1-18-29-17-22(35-18)15-24(34)31-21-5-3-19(4-6-21)7-12-32-13-8-20-16-30-33(23(20)9-14-32)11-2-10-25(26,27)28/h16-17,19,21H,2-15H2,1H3,(H,31,34)/t19-,21-. The van der Waals surface area contributed by atoms with Gasteiger partial charge in [-0.25, -0.2) is 4.98 Å². The van der Waals surface area contributed by atoms with E-state index < -0.39 is 12.6 Å². The maximum absolute atomic E-state index is 12.5. The van der Waals surface area contributed by atoms with Gasteiger partial charge in [-0.2, -0.15) is 18.3 Å². The molecular weight excluding hydrogens is 475 g/mol. The normalized spacial score (nSPS) is 21.5. The molecule has 1 aliphatic heterocycles. The average molecular weight is 512 g/mol. The van der Waals surface area contributed by atoms with E-state index in [4.69, 9.17) is 0 Å². The fourth-order valence-corrected chi connectivity index (χ4v) is 6.13. The lowest BCUT2D eigenvalue weighted by Crippen LogP contribution is -2.39. The van der Waals surface area contributed by atoms with Crippen LogP contribution in [0.2, 0.25) is 0 Å². The largest absolute Gasteiger partial charge is 0.389 e. The van der Waals surface area contributed by atoms with Gasteiger partial charge in [-0.3, -0.25) is 9.48 Å². The number of amides is 1. The highest BCUT2D eigenvalue weighted by Crippen LogP contribution is 2.28. The summed E-state index contributed by atoms with van der Waals surface area (Å²) in [7, 11) is 0. The number of alkyl halides is 3. The van der Waals surface area contributed by atoms with Crippen molar-refractivity contribution in [2.75, 3.05) is 19.6 Å². The number of nitrogens with zero attached hydrogens (tertiary/aromatic N) is 4. The summed E-state index contributed by atoms with van der Waals surface area (Å²) in [5.74, 6) is 0.786. The lowest BCUT2D eigenvalue weighted by molar-refractivity contribution is -0.136. The lowest BCUT2D eigenvalue weighted by Gasteiger charge is -2.30. The molecule has 1 saturated carbocycles. The van der Waals surface area contributed by atoms with Crippen molar-refractivity contribution < 1.29 is 18.0 Å². The lowest BCUT2D eigenvalue weighted by atomic mass is 9.84. The van der Waals surface area contributed by atoms with Gasteiger partial charge in [-0.1, -0.05) is 0 Å². The van der Waals surface area contributed by atoms with E-state index >= 15 is 0 Å². The van der Waals surface area contributed by atoms with Crippen molar-refractivity contribution in [3.05, 3.63) is 33.5 Å². The number of hydrogen-bond donors (Lipinski definition) is 1. The van der Waals surface area contributed by atoms with E-state index in [0.29, 0.717) is 18.9 Å². The van der Waals surface area contributed by atoms with Gasteiger partial charge in [0.1, 0.15) is 0 Å². The third-order valence-electron chi connectivity index (χ3n) is 7.30. The van der Waals surface area contributed by atoms with Gasteiger partial charge in [0.25, 0.3) is 0 Å². The second-order valence-electron chi connectivity index (χ2n) is 10.00. The summed E-state index contributed by atoms with van der Waals surface area (Å²) in [4.78, 5) is 20.1. The van der Waals surface area contributed by atoms with Gasteiger partial charge in [-0.05, 0) is 69.9 Å². The van der Waals surface area contributed by atoms with Gasteiger partial charge in [0.2, 0.25) is 5.91 Å². The number of carbonyl (C=O) groups is 1. The second kappa shape index (κ2) is 11.9. The van der Waals surface area contributed by atoms with Crippen LogP contribution in [0.4, 0.5) is 13.2 Å². The molecule has 0 saturated heterocycles. The molecule has 6 nitrogen and oxygen atoms in total. The van der Waals surface area contributed by atoms with Crippen molar-refractivity contribution >= 4 is 17.2 Å². The molecule has 0 aromatic carbocycles. The minimum absolute atomic E-state index is 0.0787. The van der Waals surface area contributed by atoms with E-state index in [0.717, 1.165) is 80.2 Å². The SMILES string of the molecule is Cc1ncc(CC(=O)N[C@H]2CC[C@H](CCN3CCc4cnn(CCCC(F)(F)F)c4CC3)CC2)s1. The molecule has 10 heteroatoms. The highest BCUT2D eigenvalue weighted by Gasteiger charge is 2.27. The van der Waals surface area contributed by atoms with Crippen molar-refractivity contribution in [1.29, 1.82) is 0 Å². The maximum Gasteiger partial charge on any atom is 0.389 e. The Morgan fingerprint density at radius 3 is 2.63 bits per heavy atom. The molecule has 1 aliphatic carbocycles. The number of nitrogens with one attached hydrogen (secondary N) is 1. The van der Waals surface area contributed by atoms with Crippen molar-refractivity contribution in [2.45, 2.75) is 89.9 Å². The quantitative estimate of drug-likeness (QED) is 0.530. The number of fused-ring (bicyclic) bond motifs is 1. The number of rotatable bonds is 9. The van der Waals surface area contributed by atoms with E-state index in [1.54, 1.807) is 22.2 Å². The molecule has 2 aromatic rings. The molecule has 3 heterocycles. The van der Waals surface area contributed by atoms with E-state index in [9.17, 15) is 18.0 Å². The third-order valence-corrected chi connectivity index (χ3v) is 8.21. The fourth-order valence-electron chi connectivity index (χ4n) is 5.33. The Bertz CT molecular complexity index is 965. The average Bonchev–Trinajstić information content (AvgIpc) is 3.32. The molecule has 2 aromatic heterocycles. The number of aromatic nitrogens is 3. The smallest absolute Gasteiger partial charge is 0.353 e. The predicted octanol–water partition coefficient (Wildman–Crippen LogP) is 4.70. The molecule has 0 unspecified atom stereocenters. The van der Waals surface area contributed by atoms with Gasteiger partial charge in [0, 0.05) is 55.3 Å². The van der Waals surface area contributed by atoms with Gasteiger partial charge in [0.05, 0.1) is 17.6 Å². The summed E-state index contributed by atoms with van der Waals surface area (Å²) in [6, 6.07) is 0.278. The van der Waals surface area contributed by atoms with Crippen LogP contribution >= 0.6 is 11.3 Å². The zero-order valence-corrected chi connectivity index (χ0v) is 21.3. The molecule has 35 heavy (non-hydrogen) atoms. The molecule has 0 atom stereocenters. The fraction of sp³-hybridized carbons (Fsp3) is 0.720. The summed E-state index contributed by atoms with van der Waals surface area (Å²) in [6.45, 7) is 5.24. The third kappa shape index (κ3) is 8.03. The highest BCUT2D eigenvalue weighted by atomic mass is 32.1. The monoisotopic (exact) mass is 511 g/mol. The van der Waals surface area contributed by atoms with Crippen LogP contribution in [0.25, 0.3) is 0 Å². The zero-order chi connectivity index (χ0) is 24.8. The highest BCUT2D eigenvalue weighted by molar-refractivity contribution is 7.11. The van der Waals surface area contributed by atoms with Gasteiger partial charge in [-0.15, -0.1) is 11.3 Å². The van der Waals surface area contributed by atoms with Crippen LogP contribution < -0.4 is 5.32 Å². The number of aryl methyl sites for hydroxylation is 2. The first-order valence-corrected chi connectivity index (χ1v) is 13.6. The van der Waals surface area contributed by atoms with Crippen molar-refractivity contribution in [2.24, 2.45) is 5.92 Å². The Hall–Kier alpha value is -1.94. The molecule has 0 spiro atoms. The first-order chi connectivity index (χ1) is 16.7. The van der Waals surface area contributed by atoms with Gasteiger partial charge < -0.3 is 10.2 Å². The van der Waals surface area contributed by atoms with Crippen LogP contribution in [-0.2, 0) is 30.6 Å². The predicted molar refractivity (Wildman–Crippen MR) is 130 cm³/mol. The zero-order valence-electron chi connectivity index (χ0n) is 20.4. The molecular formula is C25H36F3N5OS. The van der Waals surface area contributed by atoms with Crippen LogP contribution in [-0.4, -0.2) is 57.4 Å². The van der Waals surface area contributed by atoms with Crippen molar-refractivity contribution in [1.82, 2.24) is 25.0 Å². The topological polar surface area (TPSA) is 63.1 Å². The van der Waals surface area contributed by atoms with E-state index in [-0.39, 0.29) is 18.4 Å². The summed E-state index contributed by atoms with van der Waals surface area (Å²) < 4.78 is 39.2. The molecule has 2 aliphatic rings. The first-order valence-electron chi connectivity index (χ1n) is 12.8. The van der Waals surface area contributed by atoms with Crippen LogP contribution in [0.3, 0.4) is 0 Å². The summed E-state index contributed by atoms with van der Waals surface area (Å²) in [5, 5.41) is 8.55. The minimum atomic E-state index is -4.10. The molecule has 1 amide bonds. The Balaban J connectivity index is 1.14. The molecule has 1 fully saturated rings. The number of halogens is 3. The Morgan fingerprint density at radius 2 is 1.91 bits per heavy atom. The van der Waals surface area contributed by atoms with Crippen LogP contribution in [0, 0.1) is 12.8 Å². The van der Waals surface area contributed by atoms with E-state index in [2.05, 4.69) is 20.3 Å². The van der Waals surface area contributed by atoms with Crippen LogP contribution in [0.5, 0.6) is 0 Å². The summed E-state index contributed by atoms with van der Waals surface area (Å²) in [5.41, 5.74) is 2.30. The van der Waals surface area contributed by atoms with Crippen LogP contribution in [0.1, 0.15) is 66.1 Å². The van der Waals surface area contributed by atoms with Crippen LogP contribution in [0.15, 0.2) is 12.4 Å². The molecule has 0 bridgehead atoms. The Morgan fingerprint density at radius 1 is 1.14 bits per heavy atom. The summed E-state index contributed by atoms with van der Waals surface area (Å²) >= 11 is 1.58. The minimum Gasteiger partial charge on any atom is -0.353 e. The van der Waals surface area contributed by atoms with E-state index in [1.165, 1.54) is 5.56 Å². The van der Waals surface area contributed by atoms with Gasteiger partial charge in [0.15, 0.2) is 0 Å². The van der Waals surface area contributed by atoms with E-state index in [1.807, 2.05) is 13.1 Å². The Labute approximate surface area is 209 Å². The van der Waals surface area contributed by atoms with Crippen molar-refractivity contribution in [3.63, 3.8) is 0 Å². The Kier molecular flexibility index (Phi) is 8.86. The molecule has 194 valence electrons. The summed E-state index contributed by atoms with van der Waals surface area (Å²) in [6.07, 6.45) is 6.56. The first kappa shape index (κ1) is 26.1. The molecule has 1 N–H and O–H groups in total. The second-order valence-corrected chi connectivity index (χ2v) is 11.3. The number of thiazole rings is 1. The molecule has 0 radical (unpaired) electrons. The number of hydrogen-bond acceptors (Lipinski definition) is 5. The van der Waals surface area contributed by atoms with Gasteiger partial charge >= 0.3 is 6.18 Å². The maximum atomic E-state index is 12.5. The number of carbonyl (C=O) groups excluding carboxylic acids is 1. The van der Waals surface area contributed by atoms with Crippen molar-refractivity contribution in [3.8, 4) is 0 Å². The molecule has 4 rings (SSSR count).